The van der Waals surface area contributed by atoms with Gasteiger partial charge in [-0.3, -0.25) is 25.8 Å². The largest absolute Gasteiger partial charge is 0.491 e. The second-order valence-electron chi connectivity index (χ2n) is 6.43. The number of thiocarbonyl (C=S) groups is 1. The fourth-order valence-corrected chi connectivity index (χ4v) is 2.82. The summed E-state index contributed by atoms with van der Waals surface area (Å²) in [5.41, 5.74) is 5.18. The number of benzene rings is 2. The lowest BCUT2D eigenvalue weighted by Crippen LogP contribution is -2.51. The second kappa shape index (κ2) is 11.0. The van der Waals surface area contributed by atoms with Crippen LogP contribution in [0.4, 0.5) is 0 Å². The number of hydrogen-bond donors (Lipinski definition) is 3. The number of nitrogens with one attached hydrogen (secondary N) is 3. The van der Waals surface area contributed by atoms with Crippen molar-refractivity contribution < 1.29 is 19.1 Å². The van der Waals surface area contributed by atoms with Crippen molar-refractivity contribution in [2.45, 2.75) is 33.0 Å². The van der Waals surface area contributed by atoms with E-state index in [1.165, 1.54) is 13.0 Å². The maximum atomic E-state index is 12.3. The quantitative estimate of drug-likeness (QED) is 0.439. The van der Waals surface area contributed by atoms with E-state index in [2.05, 4.69) is 16.2 Å². The molecule has 0 heterocycles. The SMILES string of the molecule is CC(C)Oc1cccc(C(=O)NC(=S)NNC(=O)C(C)Oc2ccc(Cl)cc2Cl)c1. The monoisotopic (exact) mass is 469 g/mol. The maximum Gasteiger partial charge on any atom is 0.279 e. The van der Waals surface area contributed by atoms with Crippen LogP contribution >= 0.6 is 35.4 Å². The fraction of sp³-hybridized carbons (Fsp3) is 0.250. The van der Waals surface area contributed by atoms with Crippen LogP contribution in [0.3, 0.4) is 0 Å². The minimum Gasteiger partial charge on any atom is -0.491 e. The molecule has 7 nitrogen and oxygen atoms in total. The van der Waals surface area contributed by atoms with Gasteiger partial charge < -0.3 is 9.47 Å². The van der Waals surface area contributed by atoms with Crippen molar-refractivity contribution in [3.05, 3.63) is 58.1 Å². The van der Waals surface area contributed by atoms with E-state index in [-0.39, 0.29) is 16.2 Å². The Morgan fingerprint density at radius 2 is 1.73 bits per heavy atom. The third-order valence-corrected chi connectivity index (χ3v) is 4.30. The van der Waals surface area contributed by atoms with E-state index < -0.39 is 17.9 Å². The van der Waals surface area contributed by atoms with Crippen molar-refractivity contribution in [2.24, 2.45) is 0 Å². The number of halogens is 2. The average molecular weight is 470 g/mol. The van der Waals surface area contributed by atoms with Crippen LogP contribution in [0.15, 0.2) is 42.5 Å². The van der Waals surface area contributed by atoms with Crippen LogP contribution < -0.4 is 25.6 Å². The summed E-state index contributed by atoms with van der Waals surface area (Å²) in [6, 6.07) is 11.3. The van der Waals surface area contributed by atoms with E-state index in [0.29, 0.717) is 22.1 Å². The number of amides is 2. The highest BCUT2D eigenvalue weighted by atomic mass is 35.5. The summed E-state index contributed by atoms with van der Waals surface area (Å²) in [6.45, 7) is 5.31. The zero-order valence-corrected chi connectivity index (χ0v) is 18.8. The summed E-state index contributed by atoms with van der Waals surface area (Å²) in [7, 11) is 0. The normalized spacial score (nSPS) is 11.4. The smallest absolute Gasteiger partial charge is 0.279 e. The van der Waals surface area contributed by atoms with Gasteiger partial charge in [-0.2, -0.15) is 0 Å². The van der Waals surface area contributed by atoms with Crippen LogP contribution in [0.1, 0.15) is 31.1 Å². The third-order valence-electron chi connectivity index (χ3n) is 3.56. The molecule has 0 spiro atoms. The van der Waals surface area contributed by atoms with Crippen LogP contribution in [-0.2, 0) is 4.79 Å². The highest BCUT2D eigenvalue weighted by molar-refractivity contribution is 7.80. The molecule has 0 aromatic heterocycles. The van der Waals surface area contributed by atoms with Crippen molar-refractivity contribution in [1.29, 1.82) is 0 Å². The van der Waals surface area contributed by atoms with E-state index in [1.54, 1.807) is 36.4 Å². The van der Waals surface area contributed by atoms with Crippen molar-refractivity contribution in [3.63, 3.8) is 0 Å². The molecule has 0 saturated heterocycles. The summed E-state index contributed by atoms with van der Waals surface area (Å²) in [6.07, 6.45) is -0.909. The number of rotatable bonds is 6. The van der Waals surface area contributed by atoms with Crippen molar-refractivity contribution in [3.8, 4) is 11.5 Å². The Labute approximate surface area is 190 Å². The highest BCUT2D eigenvalue weighted by Crippen LogP contribution is 2.28. The summed E-state index contributed by atoms with van der Waals surface area (Å²) in [4.78, 5) is 24.5. The highest BCUT2D eigenvalue weighted by Gasteiger charge is 2.17. The summed E-state index contributed by atoms with van der Waals surface area (Å²) >= 11 is 16.9. The van der Waals surface area contributed by atoms with Crippen molar-refractivity contribution in [1.82, 2.24) is 16.2 Å². The number of carbonyl (C=O) groups is 2. The van der Waals surface area contributed by atoms with Crippen molar-refractivity contribution >= 4 is 52.3 Å². The Hall–Kier alpha value is -2.55. The van der Waals surface area contributed by atoms with Gasteiger partial charge in [0.1, 0.15) is 11.5 Å². The molecule has 0 radical (unpaired) electrons. The number of ether oxygens (including phenoxy) is 2. The first-order valence-corrected chi connectivity index (χ1v) is 10.1. The zero-order chi connectivity index (χ0) is 22.3. The molecule has 2 rings (SSSR count). The maximum absolute atomic E-state index is 12.3. The van der Waals surface area contributed by atoms with Crippen LogP contribution in [0.5, 0.6) is 11.5 Å². The molecular formula is C20H21Cl2N3O4S. The van der Waals surface area contributed by atoms with Crippen molar-refractivity contribution in [2.75, 3.05) is 0 Å². The summed E-state index contributed by atoms with van der Waals surface area (Å²) in [5.74, 6) is -0.0992. The lowest BCUT2D eigenvalue weighted by atomic mass is 10.2. The lowest BCUT2D eigenvalue weighted by Gasteiger charge is -2.17. The standard InChI is InChI=1S/C20H21Cl2N3O4S/c1-11(2)28-15-6-4-5-13(9-15)19(27)23-20(30)25-24-18(26)12(3)29-17-8-7-14(21)10-16(17)22/h4-12H,1-3H3,(H,24,26)(H2,23,25,27,30). The van der Waals surface area contributed by atoms with Crippen LogP contribution in [-0.4, -0.2) is 29.1 Å². The molecule has 1 unspecified atom stereocenters. The topological polar surface area (TPSA) is 88.7 Å². The molecule has 30 heavy (non-hydrogen) atoms. The molecule has 160 valence electrons. The Morgan fingerprint density at radius 3 is 2.40 bits per heavy atom. The summed E-state index contributed by atoms with van der Waals surface area (Å²) in [5, 5.41) is 3.12. The predicted molar refractivity (Wildman–Crippen MR) is 120 cm³/mol. The van der Waals surface area contributed by atoms with Gasteiger partial charge in [0.25, 0.3) is 11.8 Å². The van der Waals surface area contributed by atoms with Crippen LogP contribution in [0, 0.1) is 0 Å². The Morgan fingerprint density at radius 1 is 1.00 bits per heavy atom. The van der Waals surface area contributed by atoms with Gasteiger partial charge in [-0.1, -0.05) is 29.3 Å². The molecule has 0 aliphatic carbocycles. The van der Waals surface area contributed by atoms with E-state index >= 15 is 0 Å². The average Bonchev–Trinajstić information content (AvgIpc) is 2.67. The van der Waals surface area contributed by atoms with Gasteiger partial charge >= 0.3 is 0 Å². The van der Waals surface area contributed by atoms with Gasteiger partial charge in [-0.15, -0.1) is 0 Å². The molecule has 0 saturated carbocycles. The molecule has 10 heteroatoms. The molecule has 0 aliphatic rings. The number of carbonyl (C=O) groups excluding carboxylic acids is 2. The molecule has 1 atom stereocenters. The van der Waals surface area contributed by atoms with Gasteiger partial charge in [0.2, 0.25) is 0 Å². The fourth-order valence-electron chi connectivity index (χ4n) is 2.22. The lowest BCUT2D eigenvalue weighted by molar-refractivity contribution is -0.127. The molecule has 0 aliphatic heterocycles. The van der Waals surface area contributed by atoms with Gasteiger partial charge in [0.15, 0.2) is 11.2 Å². The van der Waals surface area contributed by atoms with E-state index in [1.807, 2.05) is 13.8 Å². The molecule has 0 fully saturated rings. The minimum atomic E-state index is -0.889. The number of hydrazine groups is 1. The zero-order valence-electron chi connectivity index (χ0n) is 16.5. The predicted octanol–water partition coefficient (Wildman–Crippen LogP) is 3.88. The minimum absolute atomic E-state index is 0.0202. The Bertz CT molecular complexity index is 940. The summed E-state index contributed by atoms with van der Waals surface area (Å²) < 4.78 is 11.1. The van der Waals surface area contributed by atoms with Crippen LogP contribution in [0.25, 0.3) is 0 Å². The molecule has 0 bridgehead atoms. The van der Waals surface area contributed by atoms with Gasteiger partial charge in [-0.25, -0.2) is 0 Å². The molecule has 2 amide bonds. The first-order chi connectivity index (χ1) is 14.2. The molecular weight excluding hydrogens is 449 g/mol. The molecule has 2 aromatic rings. The van der Waals surface area contributed by atoms with Gasteiger partial charge in [0.05, 0.1) is 11.1 Å². The van der Waals surface area contributed by atoms with Gasteiger partial charge in [0, 0.05) is 10.6 Å². The third kappa shape index (κ3) is 7.37. The van der Waals surface area contributed by atoms with E-state index in [9.17, 15) is 9.59 Å². The second-order valence-corrected chi connectivity index (χ2v) is 7.68. The van der Waals surface area contributed by atoms with E-state index in [0.717, 1.165) is 0 Å². The molecule has 2 aromatic carbocycles. The van der Waals surface area contributed by atoms with E-state index in [4.69, 9.17) is 44.9 Å². The number of hydrogen-bond acceptors (Lipinski definition) is 5. The first-order valence-electron chi connectivity index (χ1n) is 8.95. The van der Waals surface area contributed by atoms with Crippen LogP contribution in [0.2, 0.25) is 10.0 Å². The van der Waals surface area contributed by atoms with Gasteiger partial charge in [-0.05, 0) is 69.4 Å². The molecule has 3 N–H and O–H groups in total. The Kier molecular flexibility index (Phi) is 8.71. The Balaban J connectivity index is 1.84. The first kappa shape index (κ1) is 23.7.